The van der Waals surface area contributed by atoms with Crippen LogP contribution >= 0.6 is 15.9 Å². The number of carboxylic acid groups (broad SMARTS) is 1. The molecule has 7 heteroatoms. The van der Waals surface area contributed by atoms with E-state index in [0.717, 1.165) is 4.47 Å². The zero-order chi connectivity index (χ0) is 17.6. The Bertz CT molecular complexity index is 579. The van der Waals surface area contributed by atoms with Crippen molar-refractivity contribution in [1.29, 1.82) is 0 Å². The van der Waals surface area contributed by atoms with Crippen LogP contribution in [0.4, 0.5) is 0 Å². The Balaban J connectivity index is 2.60. The van der Waals surface area contributed by atoms with Crippen molar-refractivity contribution in [1.82, 2.24) is 10.6 Å². The van der Waals surface area contributed by atoms with Gasteiger partial charge in [-0.15, -0.1) is 0 Å². The molecule has 0 fully saturated rings. The number of halogens is 1. The van der Waals surface area contributed by atoms with E-state index < -0.39 is 17.9 Å². The number of hydrogen-bond donors (Lipinski definition) is 3. The molecule has 126 valence electrons. The van der Waals surface area contributed by atoms with E-state index in [2.05, 4.69) is 26.6 Å². The average Bonchev–Trinajstić information content (AvgIpc) is 2.41. The molecule has 1 unspecified atom stereocenters. The Kier molecular flexibility index (Phi) is 6.75. The van der Waals surface area contributed by atoms with Crippen molar-refractivity contribution in [3.8, 4) is 0 Å². The van der Waals surface area contributed by atoms with E-state index in [-0.39, 0.29) is 24.3 Å². The second kappa shape index (κ2) is 8.10. The fourth-order valence-electron chi connectivity index (χ4n) is 1.88. The highest BCUT2D eigenvalue weighted by Gasteiger charge is 2.22. The van der Waals surface area contributed by atoms with Crippen LogP contribution in [0.15, 0.2) is 28.7 Å². The van der Waals surface area contributed by atoms with Crippen LogP contribution < -0.4 is 10.6 Å². The molecule has 2 amide bonds. The molecule has 0 aromatic heterocycles. The summed E-state index contributed by atoms with van der Waals surface area (Å²) in [5.74, 6) is -1.97. The number of benzene rings is 1. The molecule has 1 atom stereocenters. The SMILES string of the molecule is CC(C)(C)CC(=O)NCC(=O)NC(C(=O)O)c1ccc(Br)cc1. The van der Waals surface area contributed by atoms with Crippen LogP contribution in [0.5, 0.6) is 0 Å². The number of aliphatic carboxylic acids is 1. The summed E-state index contributed by atoms with van der Waals surface area (Å²) in [5.41, 5.74) is 0.275. The lowest BCUT2D eigenvalue weighted by atomic mass is 9.92. The van der Waals surface area contributed by atoms with Gasteiger partial charge in [-0.3, -0.25) is 9.59 Å². The number of carbonyl (C=O) groups is 3. The summed E-state index contributed by atoms with van der Waals surface area (Å²) in [6.07, 6.45) is 0.287. The van der Waals surface area contributed by atoms with E-state index in [4.69, 9.17) is 0 Å². The molecule has 6 nitrogen and oxygen atoms in total. The largest absolute Gasteiger partial charge is 0.479 e. The first-order valence-corrected chi connectivity index (χ1v) is 7.92. The molecular formula is C16H21BrN2O4. The topological polar surface area (TPSA) is 95.5 Å². The van der Waals surface area contributed by atoms with Gasteiger partial charge in [0, 0.05) is 10.9 Å². The van der Waals surface area contributed by atoms with Crippen molar-refractivity contribution in [2.75, 3.05) is 6.54 Å². The second-order valence-corrected chi connectivity index (χ2v) is 7.32. The fraction of sp³-hybridized carbons (Fsp3) is 0.438. The molecule has 1 aromatic rings. The van der Waals surface area contributed by atoms with Crippen molar-refractivity contribution in [3.05, 3.63) is 34.3 Å². The van der Waals surface area contributed by atoms with E-state index in [1.165, 1.54) is 0 Å². The van der Waals surface area contributed by atoms with E-state index in [1.807, 2.05) is 20.8 Å². The van der Waals surface area contributed by atoms with Crippen molar-refractivity contribution in [2.24, 2.45) is 5.41 Å². The third-order valence-corrected chi connectivity index (χ3v) is 3.42. The molecular weight excluding hydrogens is 364 g/mol. The summed E-state index contributed by atoms with van der Waals surface area (Å²) in [5, 5.41) is 14.2. The maximum Gasteiger partial charge on any atom is 0.330 e. The van der Waals surface area contributed by atoms with E-state index >= 15 is 0 Å². The minimum atomic E-state index is -1.17. The molecule has 1 rings (SSSR count). The Morgan fingerprint density at radius 1 is 1.13 bits per heavy atom. The monoisotopic (exact) mass is 384 g/mol. The standard InChI is InChI=1S/C16H21BrN2O4/c1-16(2,3)8-12(20)18-9-13(21)19-14(15(22)23)10-4-6-11(17)7-5-10/h4-7,14H,8-9H2,1-3H3,(H,18,20)(H,19,21)(H,22,23). The molecule has 0 aliphatic rings. The van der Waals surface area contributed by atoms with Gasteiger partial charge in [0.2, 0.25) is 11.8 Å². The first kappa shape index (κ1) is 19.2. The maximum absolute atomic E-state index is 11.9. The van der Waals surface area contributed by atoms with Gasteiger partial charge in [-0.1, -0.05) is 48.8 Å². The molecule has 0 heterocycles. The zero-order valence-electron chi connectivity index (χ0n) is 13.4. The number of carboxylic acids is 1. The number of amides is 2. The van der Waals surface area contributed by atoms with Crippen molar-refractivity contribution >= 4 is 33.7 Å². The van der Waals surface area contributed by atoms with Gasteiger partial charge in [0.25, 0.3) is 0 Å². The normalized spacial score (nSPS) is 12.3. The quantitative estimate of drug-likeness (QED) is 0.700. The minimum absolute atomic E-state index is 0.179. The summed E-state index contributed by atoms with van der Waals surface area (Å²) in [6, 6.07) is 5.46. The minimum Gasteiger partial charge on any atom is -0.479 e. The van der Waals surface area contributed by atoms with Crippen LogP contribution in [-0.4, -0.2) is 29.4 Å². The van der Waals surface area contributed by atoms with Crippen LogP contribution in [0.25, 0.3) is 0 Å². The van der Waals surface area contributed by atoms with E-state index in [9.17, 15) is 19.5 Å². The number of hydrogen-bond acceptors (Lipinski definition) is 3. The molecule has 0 spiro atoms. The molecule has 0 bridgehead atoms. The lowest BCUT2D eigenvalue weighted by molar-refractivity contribution is -0.142. The van der Waals surface area contributed by atoms with Crippen LogP contribution in [0.2, 0.25) is 0 Å². The first-order valence-electron chi connectivity index (χ1n) is 7.13. The van der Waals surface area contributed by atoms with Crippen LogP contribution in [0, 0.1) is 5.41 Å². The van der Waals surface area contributed by atoms with Crippen LogP contribution in [0.3, 0.4) is 0 Å². The van der Waals surface area contributed by atoms with Gasteiger partial charge in [-0.25, -0.2) is 4.79 Å². The maximum atomic E-state index is 11.9. The number of nitrogens with one attached hydrogen (secondary N) is 2. The highest BCUT2D eigenvalue weighted by Crippen LogP contribution is 2.18. The number of rotatable bonds is 6. The Morgan fingerprint density at radius 3 is 2.17 bits per heavy atom. The Hall–Kier alpha value is -1.89. The summed E-state index contributed by atoms with van der Waals surface area (Å²) in [4.78, 5) is 34.9. The van der Waals surface area contributed by atoms with Crippen LogP contribution in [0.1, 0.15) is 38.8 Å². The van der Waals surface area contributed by atoms with Gasteiger partial charge in [0.1, 0.15) is 0 Å². The van der Waals surface area contributed by atoms with Crippen molar-refractivity contribution in [3.63, 3.8) is 0 Å². The molecule has 23 heavy (non-hydrogen) atoms. The van der Waals surface area contributed by atoms with Gasteiger partial charge in [-0.2, -0.15) is 0 Å². The lowest BCUT2D eigenvalue weighted by Gasteiger charge is -2.18. The summed E-state index contributed by atoms with van der Waals surface area (Å²) < 4.78 is 0.811. The summed E-state index contributed by atoms with van der Waals surface area (Å²) in [7, 11) is 0. The highest BCUT2D eigenvalue weighted by molar-refractivity contribution is 9.10. The van der Waals surface area contributed by atoms with Gasteiger partial charge < -0.3 is 15.7 Å². The van der Waals surface area contributed by atoms with Gasteiger partial charge in [0.05, 0.1) is 6.54 Å². The van der Waals surface area contributed by atoms with Crippen LogP contribution in [-0.2, 0) is 14.4 Å². The van der Waals surface area contributed by atoms with E-state index in [1.54, 1.807) is 24.3 Å². The third-order valence-electron chi connectivity index (χ3n) is 2.89. The molecule has 0 saturated carbocycles. The molecule has 0 saturated heterocycles. The van der Waals surface area contributed by atoms with Gasteiger partial charge in [-0.05, 0) is 23.1 Å². The first-order chi connectivity index (χ1) is 10.6. The molecule has 3 N–H and O–H groups in total. The number of carbonyl (C=O) groups excluding carboxylic acids is 2. The lowest BCUT2D eigenvalue weighted by Crippen LogP contribution is -2.41. The third kappa shape index (κ3) is 7.27. The van der Waals surface area contributed by atoms with Crippen molar-refractivity contribution in [2.45, 2.75) is 33.2 Å². The van der Waals surface area contributed by atoms with Gasteiger partial charge in [0.15, 0.2) is 6.04 Å². The van der Waals surface area contributed by atoms with Crippen molar-refractivity contribution < 1.29 is 19.5 Å². The zero-order valence-corrected chi connectivity index (χ0v) is 14.9. The molecule has 0 aliphatic carbocycles. The van der Waals surface area contributed by atoms with Gasteiger partial charge >= 0.3 is 5.97 Å². The smallest absolute Gasteiger partial charge is 0.330 e. The molecule has 0 radical (unpaired) electrons. The van der Waals surface area contributed by atoms with E-state index in [0.29, 0.717) is 5.56 Å². The summed E-state index contributed by atoms with van der Waals surface area (Å²) >= 11 is 3.26. The second-order valence-electron chi connectivity index (χ2n) is 6.40. The average molecular weight is 385 g/mol. The Morgan fingerprint density at radius 2 is 1.70 bits per heavy atom. The summed E-state index contributed by atoms with van der Waals surface area (Å²) in [6.45, 7) is 5.50. The molecule has 1 aromatic carbocycles. The highest BCUT2D eigenvalue weighted by atomic mass is 79.9. The fourth-order valence-corrected chi connectivity index (χ4v) is 2.14. The predicted molar refractivity (Wildman–Crippen MR) is 89.7 cm³/mol. The molecule has 0 aliphatic heterocycles. The Labute approximate surface area is 143 Å². The predicted octanol–water partition coefficient (Wildman–Crippen LogP) is 2.24.